The summed E-state index contributed by atoms with van der Waals surface area (Å²) in [6.07, 6.45) is 11.1. The first-order valence-corrected chi connectivity index (χ1v) is 29.4. The highest BCUT2D eigenvalue weighted by atomic mass is 28.4. The van der Waals surface area contributed by atoms with E-state index in [1.165, 1.54) is 0 Å². The zero-order valence-electron chi connectivity index (χ0n) is 45.6. The van der Waals surface area contributed by atoms with E-state index in [0.717, 1.165) is 23.6 Å². The van der Waals surface area contributed by atoms with Crippen LogP contribution < -0.4 is 0 Å². The van der Waals surface area contributed by atoms with Crippen molar-refractivity contribution in [3.05, 3.63) is 70.9 Å². The number of carboxylic acid groups (broad SMARTS) is 1. The molecule has 0 aromatic rings. The van der Waals surface area contributed by atoms with Gasteiger partial charge in [-0.2, -0.15) is 0 Å². The predicted octanol–water partition coefficient (Wildman–Crippen LogP) is 9.06. The Bertz CT molecular complexity index is 2120. The van der Waals surface area contributed by atoms with E-state index in [4.69, 9.17) is 51.8 Å². The summed E-state index contributed by atoms with van der Waals surface area (Å²) >= 11 is 0. The summed E-state index contributed by atoms with van der Waals surface area (Å²) in [5.41, 5.74) is 1.13. The second kappa shape index (κ2) is 22.8. The van der Waals surface area contributed by atoms with Crippen molar-refractivity contribution in [1.82, 2.24) is 0 Å². The molecule has 404 valence electrons. The molecular formula is C56H86O15Si. The molecule has 7 rings (SSSR count). The first kappa shape index (κ1) is 56.9. The molecule has 72 heavy (non-hydrogen) atoms. The monoisotopic (exact) mass is 1030 g/mol. The van der Waals surface area contributed by atoms with Gasteiger partial charge < -0.3 is 62.0 Å². The van der Waals surface area contributed by atoms with E-state index >= 15 is 0 Å². The van der Waals surface area contributed by atoms with Crippen molar-refractivity contribution in [2.75, 3.05) is 20.8 Å². The molecule has 4 saturated heterocycles. The molecule has 16 heteroatoms. The van der Waals surface area contributed by atoms with Crippen molar-refractivity contribution in [1.29, 1.82) is 0 Å². The van der Waals surface area contributed by atoms with Crippen LogP contribution in [0.15, 0.2) is 70.9 Å². The second-order valence-electron chi connectivity index (χ2n) is 23.2. The van der Waals surface area contributed by atoms with Crippen LogP contribution in [0.2, 0.25) is 18.1 Å². The highest BCUT2D eigenvalue weighted by Crippen LogP contribution is 2.50. The Morgan fingerprint density at radius 3 is 2.33 bits per heavy atom. The third-order valence-electron chi connectivity index (χ3n) is 16.9. The van der Waals surface area contributed by atoms with Crippen LogP contribution in [0.25, 0.3) is 0 Å². The van der Waals surface area contributed by atoms with Gasteiger partial charge in [-0.1, -0.05) is 91.3 Å². The summed E-state index contributed by atoms with van der Waals surface area (Å²) in [5, 5.41) is 22.6. The molecule has 0 amide bonds. The van der Waals surface area contributed by atoms with Gasteiger partial charge in [0.05, 0.1) is 55.4 Å². The van der Waals surface area contributed by atoms with E-state index in [2.05, 4.69) is 80.6 Å². The molecule has 1 spiro atoms. The van der Waals surface area contributed by atoms with Gasteiger partial charge in [0.2, 0.25) is 0 Å². The Morgan fingerprint density at radius 2 is 1.67 bits per heavy atom. The number of hydrogen-bond acceptors (Lipinski definition) is 14. The lowest BCUT2D eigenvalue weighted by Gasteiger charge is -2.49. The van der Waals surface area contributed by atoms with Crippen LogP contribution in [0.1, 0.15) is 115 Å². The molecular weight excluding hydrogens is 941 g/mol. The van der Waals surface area contributed by atoms with Crippen molar-refractivity contribution < 1.29 is 71.6 Å². The van der Waals surface area contributed by atoms with Gasteiger partial charge in [0.15, 0.2) is 26.7 Å². The van der Waals surface area contributed by atoms with Crippen LogP contribution in [0.3, 0.4) is 0 Å². The highest BCUT2D eigenvalue weighted by molar-refractivity contribution is 6.74. The maximum Gasteiger partial charge on any atom is 0.328 e. The second-order valence-corrected chi connectivity index (χ2v) is 27.9. The number of aliphatic carboxylic acids is 1. The molecule has 0 radical (unpaired) electrons. The third-order valence-corrected chi connectivity index (χ3v) is 21.4. The summed E-state index contributed by atoms with van der Waals surface area (Å²) < 4.78 is 72.3. The molecule has 6 aliphatic heterocycles. The number of fused-ring (bicyclic) bond motifs is 2. The number of carbonyl (C=O) groups excluding carboxylic acids is 1. The standard InChI is InChI=1S/C56H86O15Si/c1-16-31(2)49-34(5)22-23-55(70-49)29-40-25-39(69-55)21-20-33(4)48(67-47-28-44(62-13)51(37(8)65-47)68-46-27-43(61-12)41(26-45(57)58)36(7)64-46)32(3)18-17-19-38-30-63-52-50(71-72(14,15)54(9,10)11)35(6)24-42(53(59)66-40)56(38,52)60/h17-20,22-24,26,31-32,34,36-37,39-40,42-44,46-52,60H,16,21,25,27-30H2,1-15H3,(H,57,58)/b18-17+,33-20+,38-19+,41-26-/t31-,32-,34-,36-,37-,39+,40-,42-,43-,44-,46-,47-,48-,49+,50+,51-,52+,55+,56+/m0/s1. The van der Waals surface area contributed by atoms with Gasteiger partial charge in [-0.3, -0.25) is 4.79 Å². The fourth-order valence-electron chi connectivity index (χ4n) is 11.5. The topological polar surface area (TPSA) is 176 Å². The summed E-state index contributed by atoms with van der Waals surface area (Å²) in [6.45, 7) is 27.4. The van der Waals surface area contributed by atoms with Crippen molar-refractivity contribution in [2.45, 2.75) is 224 Å². The number of allylic oxidation sites excluding steroid dienone is 2. The molecule has 4 fully saturated rings. The summed E-state index contributed by atoms with van der Waals surface area (Å²) in [6, 6.07) is 0. The van der Waals surface area contributed by atoms with E-state index in [1.807, 2.05) is 44.2 Å². The van der Waals surface area contributed by atoms with Crippen LogP contribution in [-0.4, -0.2) is 142 Å². The van der Waals surface area contributed by atoms with Gasteiger partial charge in [-0.15, -0.1) is 0 Å². The summed E-state index contributed by atoms with van der Waals surface area (Å²) in [5.74, 6) is -3.56. The number of carbonyl (C=O) groups is 2. The van der Waals surface area contributed by atoms with Gasteiger partial charge in [-0.25, -0.2) is 4.79 Å². The maximum atomic E-state index is 14.9. The number of rotatable bonds is 11. The minimum absolute atomic E-state index is 0.101. The molecule has 15 nitrogen and oxygen atoms in total. The number of aliphatic hydroxyl groups is 1. The maximum absolute atomic E-state index is 14.9. The van der Waals surface area contributed by atoms with Gasteiger partial charge in [0, 0.05) is 57.8 Å². The fourth-order valence-corrected chi connectivity index (χ4v) is 12.8. The Morgan fingerprint density at radius 1 is 0.944 bits per heavy atom. The van der Waals surface area contributed by atoms with Gasteiger partial charge in [0.1, 0.15) is 29.8 Å². The molecule has 2 bridgehead atoms. The van der Waals surface area contributed by atoms with Crippen molar-refractivity contribution in [3.8, 4) is 0 Å². The average Bonchev–Trinajstić information content (AvgIpc) is 3.65. The summed E-state index contributed by atoms with van der Waals surface area (Å²) in [4.78, 5) is 26.4. The molecule has 2 N–H and O–H groups in total. The quantitative estimate of drug-likeness (QED) is 0.0867. The lowest BCUT2D eigenvalue weighted by Crippen LogP contribution is -2.60. The Kier molecular flexibility index (Phi) is 18.0. The van der Waals surface area contributed by atoms with Crippen molar-refractivity contribution in [2.24, 2.45) is 23.7 Å². The van der Waals surface area contributed by atoms with Gasteiger partial charge in [0.25, 0.3) is 0 Å². The number of hydrogen-bond donors (Lipinski definition) is 2. The lowest BCUT2D eigenvalue weighted by molar-refractivity contribution is -0.305. The molecule has 0 saturated carbocycles. The summed E-state index contributed by atoms with van der Waals surface area (Å²) in [7, 11) is 0.798. The molecule has 7 aliphatic rings. The van der Waals surface area contributed by atoms with Crippen LogP contribution >= 0.6 is 0 Å². The van der Waals surface area contributed by atoms with Crippen molar-refractivity contribution in [3.63, 3.8) is 0 Å². The van der Waals surface area contributed by atoms with E-state index < -0.39 is 111 Å². The van der Waals surface area contributed by atoms with Gasteiger partial charge >= 0.3 is 11.9 Å². The van der Waals surface area contributed by atoms with Crippen LogP contribution in [0.5, 0.6) is 0 Å². The van der Waals surface area contributed by atoms with E-state index in [0.29, 0.717) is 43.3 Å². The Balaban J connectivity index is 1.21. The number of esters is 1. The van der Waals surface area contributed by atoms with Gasteiger partial charge in [-0.05, 0) is 86.5 Å². The first-order chi connectivity index (χ1) is 33.8. The fraction of sp³-hybridized carbons (Fsp3) is 0.750. The minimum Gasteiger partial charge on any atom is -0.478 e. The first-order valence-electron chi connectivity index (χ1n) is 26.4. The molecule has 19 atom stereocenters. The third kappa shape index (κ3) is 12.1. The lowest BCUT2D eigenvalue weighted by atomic mass is 9.71. The number of methoxy groups -OCH3 is 2. The minimum atomic E-state index is -2.39. The van der Waals surface area contributed by atoms with Crippen LogP contribution in [0.4, 0.5) is 0 Å². The Labute approximate surface area is 429 Å². The molecule has 0 aromatic carbocycles. The van der Waals surface area contributed by atoms with E-state index in [-0.39, 0.29) is 35.5 Å². The molecule has 0 unspecified atom stereocenters. The van der Waals surface area contributed by atoms with Crippen LogP contribution in [0, 0.1) is 23.7 Å². The predicted molar refractivity (Wildman–Crippen MR) is 273 cm³/mol. The Hall–Kier alpha value is -2.84. The zero-order valence-corrected chi connectivity index (χ0v) is 46.6. The molecule has 0 aromatic heterocycles. The highest BCUT2D eigenvalue weighted by Gasteiger charge is 2.62. The average molecular weight is 1030 g/mol. The largest absolute Gasteiger partial charge is 0.478 e. The smallest absolute Gasteiger partial charge is 0.328 e. The molecule has 1 aliphatic carbocycles. The van der Waals surface area contributed by atoms with Crippen LogP contribution in [-0.2, 0) is 61.4 Å². The number of carboxylic acids is 1. The molecule has 6 heterocycles. The van der Waals surface area contributed by atoms with Crippen molar-refractivity contribution >= 4 is 20.3 Å². The SMILES string of the molecule is CC[C@H](C)[C@H]1O[C@]2(C=C[C@@H]1C)C[C@@H]1C[C@@H](C/C=C(\C)[C@@H](O[C@H]3C[C@H](OC)[C@@H](O[C@H]4C[C@H](OC)/C(=C\C(=O)O)[C@H](C)O4)[C@H](C)O3)[C@@H](C)/C=C/C=C3\CO[C@@H]4[C@H](O[Si](C)(C)C(C)(C)C)C(C)=C[C@@H](C(=O)O1)[C@]34O)O2. The van der Waals surface area contributed by atoms with E-state index in [9.17, 15) is 19.8 Å². The zero-order chi connectivity index (χ0) is 52.7. The van der Waals surface area contributed by atoms with E-state index in [1.54, 1.807) is 21.1 Å². The normalized spacial score (nSPS) is 44.0. The number of ether oxygens (including phenoxy) is 10.